The van der Waals surface area contributed by atoms with Crippen LogP contribution >= 0.6 is 0 Å². The number of nitrogens with one attached hydrogen (secondary N) is 1. The molecular weight excluding hydrogens is 210 g/mol. The van der Waals surface area contributed by atoms with Crippen LogP contribution in [0.25, 0.3) is 0 Å². The third-order valence-corrected chi connectivity index (χ3v) is 1.94. The monoisotopic (exact) mass is 221 g/mol. The van der Waals surface area contributed by atoms with Crippen LogP contribution < -0.4 is 10.1 Å². The van der Waals surface area contributed by atoms with Crippen molar-refractivity contribution in [2.75, 3.05) is 12.4 Å². The molecule has 16 heavy (non-hydrogen) atoms. The summed E-state index contributed by atoms with van der Waals surface area (Å²) in [5, 5.41) is 19.0. The fourth-order valence-electron chi connectivity index (χ4n) is 1.17. The van der Waals surface area contributed by atoms with Crippen molar-refractivity contribution in [3.05, 3.63) is 30.2 Å². The Kier molecular flexibility index (Phi) is 3.02. The van der Waals surface area contributed by atoms with E-state index >= 15 is 0 Å². The topological polar surface area (TPSA) is 80.4 Å². The average Bonchev–Trinajstić information content (AvgIpc) is 2.78. The van der Waals surface area contributed by atoms with Crippen LogP contribution in [0.2, 0.25) is 0 Å². The maximum Gasteiger partial charge on any atom is 0.320 e. The Labute approximate surface area is 91.9 Å². The van der Waals surface area contributed by atoms with Gasteiger partial charge in [0.25, 0.3) is 0 Å². The standard InChI is InChI=1S/C10H11N3O3/c1-15-8-4-2-7(3-5-8)11-10-13-12-9(6-14)16-10/h2-5,14H,6H2,1H3,(H,11,13). The predicted molar refractivity (Wildman–Crippen MR) is 56.5 cm³/mol. The van der Waals surface area contributed by atoms with Crippen molar-refractivity contribution >= 4 is 11.7 Å². The minimum Gasteiger partial charge on any atom is -0.497 e. The first-order valence-corrected chi connectivity index (χ1v) is 4.66. The van der Waals surface area contributed by atoms with Crippen molar-refractivity contribution in [1.82, 2.24) is 10.2 Å². The zero-order chi connectivity index (χ0) is 11.4. The van der Waals surface area contributed by atoms with Crippen molar-refractivity contribution in [2.24, 2.45) is 0 Å². The van der Waals surface area contributed by atoms with Crippen molar-refractivity contribution in [1.29, 1.82) is 0 Å². The van der Waals surface area contributed by atoms with Gasteiger partial charge in [0.2, 0.25) is 5.89 Å². The summed E-state index contributed by atoms with van der Waals surface area (Å²) in [6.45, 7) is -0.267. The number of hydrogen-bond acceptors (Lipinski definition) is 6. The van der Waals surface area contributed by atoms with E-state index in [0.29, 0.717) is 0 Å². The van der Waals surface area contributed by atoms with E-state index in [2.05, 4.69) is 15.5 Å². The number of hydrogen-bond donors (Lipinski definition) is 2. The van der Waals surface area contributed by atoms with Gasteiger partial charge in [0.15, 0.2) is 0 Å². The number of aromatic nitrogens is 2. The van der Waals surface area contributed by atoms with Gasteiger partial charge in [-0.15, -0.1) is 5.10 Å². The molecule has 0 atom stereocenters. The van der Waals surface area contributed by atoms with E-state index < -0.39 is 0 Å². The molecule has 0 radical (unpaired) electrons. The largest absolute Gasteiger partial charge is 0.497 e. The summed E-state index contributed by atoms with van der Waals surface area (Å²) >= 11 is 0. The molecule has 1 aromatic heterocycles. The lowest BCUT2D eigenvalue weighted by Gasteiger charge is -2.02. The molecule has 0 bridgehead atoms. The number of anilines is 2. The molecule has 0 fully saturated rings. The first-order valence-electron chi connectivity index (χ1n) is 4.66. The summed E-state index contributed by atoms with van der Waals surface area (Å²) in [5.41, 5.74) is 0.800. The van der Waals surface area contributed by atoms with Crippen LogP contribution in [0.1, 0.15) is 5.89 Å². The Morgan fingerprint density at radius 1 is 1.31 bits per heavy atom. The highest BCUT2D eigenvalue weighted by atomic mass is 16.5. The SMILES string of the molecule is COc1ccc(Nc2nnc(CO)o2)cc1. The molecule has 0 aliphatic heterocycles. The molecule has 2 rings (SSSR count). The number of aliphatic hydroxyl groups is 1. The molecule has 1 heterocycles. The van der Waals surface area contributed by atoms with Crippen LogP contribution in [-0.2, 0) is 6.61 Å². The van der Waals surface area contributed by atoms with Crippen molar-refractivity contribution < 1.29 is 14.3 Å². The van der Waals surface area contributed by atoms with E-state index in [1.54, 1.807) is 7.11 Å². The number of nitrogens with zero attached hydrogens (tertiary/aromatic N) is 2. The summed E-state index contributed by atoms with van der Waals surface area (Å²) in [4.78, 5) is 0. The Balaban J connectivity index is 2.08. The third kappa shape index (κ3) is 2.29. The van der Waals surface area contributed by atoms with E-state index in [1.807, 2.05) is 24.3 Å². The summed E-state index contributed by atoms with van der Waals surface area (Å²) in [5.74, 6) is 0.947. The summed E-state index contributed by atoms with van der Waals surface area (Å²) in [6, 6.07) is 7.51. The Bertz CT molecular complexity index is 453. The second-order valence-electron chi connectivity index (χ2n) is 3.01. The lowest BCUT2D eigenvalue weighted by Crippen LogP contribution is -1.90. The van der Waals surface area contributed by atoms with Gasteiger partial charge in [0, 0.05) is 5.69 Å². The van der Waals surface area contributed by atoms with Crippen LogP contribution in [-0.4, -0.2) is 22.4 Å². The number of rotatable bonds is 4. The summed E-state index contributed by atoms with van der Waals surface area (Å²) < 4.78 is 10.1. The predicted octanol–water partition coefficient (Wildman–Crippen LogP) is 1.31. The quantitative estimate of drug-likeness (QED) is 0.810. The average molecular weight is 221 g/mol. The summed E-state index contributed by atoms with van der Waals surface area (Å²) in [6.07, 6.45) is 0. The smallest absolute Gasteiger partial charge is 0.320 e. The molecule has 2 N–H and O–H groups in total. The second-order valence-corrected chi connectivity index (χ2v) is 3.01. The second kappa shape index (κ2) is 4.63. The van der Waals surface area contributed by atoms with Gasteiger partial charge < -0.3 is 19.6 Å². The number of aliphatic hydroxyl groups excluding tert-OH is 1. The molecule has 6 heteroatoms. The molecular formula is C10H11N3O3. The van der Waals surface area contributed by atoms with E-state index in [1.165, 1.54) is 0 Å². The number of ether oxygens (including phenoxy) is 1. The fourth-order valence-corrected chi connectivity index (χ4v) is 1.17. The maximum atomic E-state index is 8.74. The fraction of sp³-hybridized carbons (Fsp3) is 0.200. The van der Waals surface area contributed by atoms with Gasteiger partial charge in [-0.05, 0) is 24.3 Å². The molecule has 84 valence electrons. The zero-order valence-electron chi connectivity index (χ0n) is 8.67. The van der Waals surface area contributed by atoms with Gasteiger partial charge in [-0.3, -0.25) is 0 Å². The molecule has 6 nitrogen and oxygen atoms in total. The molecule has 0 spiro atoms. The van der Waals surface area contributed by atoms with Crippen LogP contribution in [0.5, 0.6) is 5.75 Å². The highest BCUT2D eigenvalue weighted by Gasteiger charge is 2.04. The molecule has 0 aliphatic carbocycles. The molecule has 0 saturated carbocycles. The van der Waals surface area contributed by atoms with Gasteiger partial charge >= 0.3 is 6.01 Å². The molecule has 1 aromatic carbocycles. The molecule has 0 amide bonds. The van der Waals surface area contributed by atoms with E-state index in [9.17, 15) is 0 Å². The van der Waals surface area contributed by atoms with E-state index in [-0.39, 0.29) is 18.5 Å². The third-order valence-electron chi connectivity index (χ3n) is 1.94. The normalized spacial score (nSPS) is 10.1. The van der Waals surface area contributed by atoms with Gasteiger partial charge in [0.05, 0.1) is 7.11 Å². The van der Waals surface area contributed by atoms with Crippen LogP contribution in [0.3, 0.4) is 0 Å². The number of methoxy groups -OCH3 is 1. The van der Waals surface area contributed by atoms with Crippen LogP contribution in [0.4, 0.5) is 11.7 Å². The van der Waals surface area contributed by atoms with Crippen molar-refractivity contribution in [3.8, 4) is 5.75 Å². The van der Waals surface area contributed by atoms with Gasteiger partial charge in [-0.1, -0.05) is 5.10 Å². The molecule has 2 aromatic rings. The number of benzene rings is 1. The van der Waals surface area contributed by atoms with E-state index in [0.717, 1.165) is 11.4 Å². The first kappa shape index (κ1) is 10.4. The van der Waals surface area contributed by atoms with Gasteiger partial charge in [-0.25, -0.2) is 0 Å². The van der Waals surface area contributed by atoms with Gasteiger partial charge in [0.1, 0.15) is 12.4 Å². The molecule has 0 saturated heterocycles. The lowest BCUT2D eigenvalue weighted by molar-refractivity contribution is 0.241. The highest BCUT2D eigenvalue weighted by molar-refractivity contribution is 5.53. The molecule has 0 aliphatic rings. The Morgan fingerprint density at radius 2 is 2.06 bits per heavy atom. The Hall–Kier alpha value is -2.08. The van der Waals surface area contributed by atoms with Crippen molar-refractivity contribution in [2.45, 2.75) is 6.61 Å². The minimum atomic E-state index is -0.267. The maximum absolute atomic E-state index is 8.74. The van der Waals surface area contributed by atoms with Gasteiger partial charge in [-0.2, -0.15) is 0 Å². The first-order chi connectivity index (χ1) is 7.81. The summed E-state index contributed by atoms with van der Waals surface area (Å²) in [7, 11) is 1.61. The Morgan fingerprint density at radius 3 is 2.62 bits per heavy atom. The highest BCUT2D eigenvalue weighted by Crippen LogP contribution is 2.18. The zero-order valence-corrected chi connectivity index (χ0v) is 8.67. The van der Waals surface area contributed by atoms with Crippen LogP contribution in [0.15, 0.2) is 28.7 Å². The minimum absolute atomic E-state index is 0.177. The molecule has 0 unspecified atom stereocenters. The van der Waals surface area contributed by atoms with E-state index in [4.69, 9.17) is 14.3 Å². The van der Waals surface area contributed by atoms with Crippen molar-refractivity contribution in [3.63, 3.8) is 0 Å². The van der Waals surface area contributed by atoms with Crippen LogP contribution in [0, 0.1) is 0 Å². The lowest BCUT2D eigenvalue weighted by atomic mass is 10.3.